The zero-order chi connectivity index (χ0) is 11.5. The fourth-order valence-corrected chi connectivity index (χ4v) is 1.57. The lowest BCUT2D eigenvalue weighted by Gasteiger charge is -2.08. The van der Waals surface area contributed by atoms with Crippen molar-refractivity contribution in [2.45, 2.75) is 26.0 Å². The molecule has 1 atom stereocenters. The van der Waals surface area contributed by atoms with Crippen molar-refractivity contribution in [3.05, 3.63) is 18.2 Å². The minimum atomic E-state index is 0.223. The Morgan fingerprint density at radius 2 is 2.31 bits per heavy atom. The first kappa shape index (κ1) is 10.9. The quantitative estimate of drug-likeness (QED) is 0.792. The van der Waals surface area contributed by atoms with Crippen LogP contribution in [-0.4, -0.2) is 28.2 Å². The Morgan fingerprint density at radius 3 is 3.06 bits per heavy atom. The molecule has 0 aliphatic heterocycles. The summed E-state index contributed by atoms with van der Waals surface area (Å²) in [7, 11) is 1.71. The van der Waals surface area contributed by atoms with E-state index in [-0.39, 0.29) is 6.10 Å². The Balaban J connectivity index is 2.21. The van der Waals surface area contributed by atoms with Gasteiger partial charge in [0.1, 0.15) is 5.52 Å². The molecule has 0 fully saturated rings. The van der Waals surface area contributed by atoms with Crippen molar-refractivity contribution in [1.29, 1.82) is 0 Å². The number of ether oxygens (including phenoxy) is 1. The monoisotopic (exact) mass is 220 g/mol. The number of nitrogen functional groups attached to an aromatic ring is 1. The molecule has 0 saturated carbocycles. The van der Waals surface area contributed by atoms with Gasteiger partial charge in [-0.15, -0.1) is 5.10 Å². The molecule has 2 N–H and O–H groups in total. The van der Waals surface area contributed by atoms with E-state index in [9.17, 15) is 0 Å². The molecule has 0 bridgehead atoms. The van der Waals surface area contributed by atoms with E-state index in [2.05, 4.69) is 10.3 Å². The van der Waals surface area contributed by atoms with Crippen LogP contribution in [0.2, 0.25) is 0 Å². The molecule has 5 nitrogen and oxygen atoms in total. The normalized spacial score (nSPS) is 13.1. The first-order valence-electron chi connectivity index (χ1n) is 5.32. The fraction of sp³-hybridized carbons (Fsp3) is 0.455. The molecule has 1 heterocycles. The molecular weight excluding hydrogens is 204 g/mol. The van der Waals surface area contributed by atoms with Crippen LogP contribution in [0.5, 0.6) is 0 Å². The van der Waals surface area contributed by atoms with Crippen LogP contribution in [0.4, 0.5) is 5.69 Å². The third-order valence-electron chi connectivity index (χ3n) is 2.69. The summed E-state index contributed by atoms with van der Waals surface area (Å²) < 4.78 is 7.06. The molecule has 0 saturated heterocycles. The molecule has 0 spiro atoms. The van der Waals surface area contributed by atoms with Gasteiger partial charge in [0.05, 0.1) is 11.6 Å². The van der Waals surface area contributed by atoms with Crippen LogP contribution in [0.15, 0.2) is 18.2 Å². The number of nitrogens with two attached hydrogens (primary N) is 1. The van der Waals surface area contributed by atoms with Crippen molar-refractivity contribution in [3.63, 3.8) is 0 Å². The van der Waals surface area contributed by atoms with Gasteiger partial charge in [0.25, 0.3) is 0 Å². The van der Waals surface area contributed by atoms with Gasteiger partial charge in [-0.2, -0.15) is 0 Å². The Morgan fingerprint density at radius 1 is 1.50 bits per heavy atom. The van der Waals surface area contributed by atoms with Gasteiger partial charge in [-0.25, -0.2) is 4.68 Å². The Labute approximate surface area is 94.2 Å². The van der Waals surface area contributed by atoms with E-state index in [0.29, 0.717) is 0 Å². The van der Waals surface area contributed by atoms with Gasteiger partial charge in [-0.1, -0.05) is 5.21 Å². The molecular formula is C11H16N4O. The maximum Gasteiger partial charge on any atom is 0.113 e. The third kappa shape index (κ3) is 2.14. The molecule has 2 rings (SSSR count). The first-order valence-corrected chi connectivity index (χ1v) is 5.32. The zero-order valence-corrected chi connectivity index (χ0v) is 9.55. The molecule has 86 valence electrons. The summed E-state index contributed by atoms with van der Waals surface area (Å²) in [5, 5.41) is 8.18. The predicted octanol–water partition coefficient (Wildman–Crippen LogP) is 1.44. The van der Waals surface area contributed by atoms with Crippen LogP contribution in [0.3, 0.4) is 0 Å². The van der Waals surface area contributed by atoms with Gasteiger partial charge < -0.3 is 10.5 Å². The molecule has 2 aromatic rings. The Hall–Kier alpha value is -1.62. The van der Waals surface area contributed by atoms with Crippen LogP contribution in [-0.2, 0) is 11.3 Å². The van der Waals surface area contributed by atoms with Crippen molar-refractivity contribution >= 4 is 16.7 Å². The number of nitrogens with zero attached hydrogens (tertiary/aromatic N) is 3. The van der Waals surface area contributed by atoms with Gasteiger partial charge >= 0.3 is 0 Å². The average Bonchev–Trinajstić information content (AvgIpc) is 2.68. The lowest BCUT2D eigenvalue weighted by molar-refractivity contribution is 0.106. The molecule has 0 radical (unpaired) electrons. The van der Waals surface area contributed by atoms with Crippen LogP contribution < -0.4 is 5.73 Å². The second kappa shape index (κ2) is 4.49. The summed E-state index contributed by atoms with van der Waals surface area (Å²) in [5.74, 6) is 0. The van der Waals surface area contributed by atoms with E-state index in [0.717, 1.165) is 29.7 Å². The lowest BCUT2D eigenvalue weighted by Crippen LogP contribution is -2.10. The van der Waals surface area contributed by atoms with Gasteiger partial charge in [0.15, 0.2) is 0 Å². The highest BCUT2D eigenvalue weighted by Crippen LogP contribution is 2.15. The number of anilines is 1. The number of rotatable bonds is 4. The first-order chi connectivity index (χ1) is 7.70. The van der Waals surface area contributed by atoms with Crippen LogP contribution in [0, 0.1) is 0 Å². The van der Waals surface area contributed by atoms with Crippen molar-refractivity contribution in [1.82, 2.24) is 15.0 Å². The number of methoxy groups -OCH3 is 1. The zero-order valence-electron chi connectivity index (χ0n) is 9.55. The number of benzene rings is 1. The van der Waals surface area contributed by atoms with E-state index in [4.69, 9.17) is 10.5 Å². The second-order valence-corrected chi connectivity index (χ2v) is 3.90. The number of hydrogen-bond donors (Lipinski definition) is 1. The second-order valence-electron chi connectivity index (χ2n) is 3.90. The summed E-state index contributed by atoms with van der Waals surface area (Å²) >= 11 is 0. The van der Waals surface area contributed by atoms with Crippen LogP contribution >= 0.6 is 0 Å². The van der Waals surface area contributed by atoms with Crippen molar-refractivity contribution in [2.24, 2.45) is 0 Å². The average molecular weight is 220 g/mol. The maximum atomic E-state index is 5.74. The predicted molar refractivity (Wildman–Crippen MR) is 63.0 cm³/mol. The smallest absolute Gasteiger partial charge is 0.113 e. The lowest BCUT2D eigenvalue weighted by atomic mass is 10.2. The summed E-state index contributed by atoms with van der Waals surface area (Å²) in [6.45, 7) is 2.82. The molecule has 5 heteroatoms. The molecule has 0 amide bonds. The van der Waals surface area contributed by atoms with E-state index in [1.165, 1.54) is 0 Å². The SMILES string of the molecule is COC(C)CCn1nnc2ccc(N)cc21. The standard InChI is InChI=1S/C11H16N4O/c1-8(16-2)5-6-15-11-7-9(12)3-4-10(11)13-14-15/h3-4,7-8H,5-6,12H2,1-2H3. The molecule has 16 heavy (non-hydrogen) atoms. The highest BCUT2D eigenvalue weighted by Gasteiger charge is 2.06. The minimum absolute atomic E-state index is 0.223. The van der Waals surface area contributed by atoms with E-state index in [1.54, 1.807) is 7.11 Å². The number of aromatic nitrogens is 3. The summed E-state index contributed by atoms with van der Waals surface area (Å²) in [5.41, 5.74) is 8.32. The van der Waals surface area contributed by atoms with Crippen LogP contribution in [0.1, 0.15) is 13.3 Å². The minimum Gasteiger partial charge on any atom is -0.399 e. The van der Waals surface area contributed by atoms with Crippen LogP contribution in [0.25, 0.3) is 11.0 Å². The number of fused-ring (bicyclic) bond motifs is 1. The van der Waals surface area contributed by atoms with Gasteiger partial charge in [0, 0.05) is 19.3 Å². The van der Waals surface area contributed by atoms with Crippen molar-refractivity contribution in [3.8, 4) is 0 Å². The topological polar surface area (TPSA) is 66.0 Å². The Kier molecular flexibility index (Phi) is 3.05. The summed E-state index contributed by atoms with van der Waals surface area (Å²) in [6.07, 6.45) is 1.13. The van der Waals surface area contributed by atoms with Gasteiger partial charge in [-0.3, -0.25) is 0 Å². The maximum absolute atomic E-state index is 5.74. The van der Waals surface area contributed by atoms with Crippen molar-refractivity contribution in [2.75, 3.05) is 12.8 Å². The molecule has 1 aromatic heterocycles. The highest BCUT2D eigenvalue weighted by atomic mass is 16.5. The summed E-state index contributed by atoms with van der Waals surface area (Å²) in [4.78, 5) is 0. The van der Waals surface area contributed by atoms with Gasteiger partial charge in [0.2, 0.25) is 0 Å². The highest BCUT2D eigenvalue weighted by molar-refractivity contribution is 5.77. The molecule has 1 aromatic carbocycles. The number of aryl methyl sites for hydroxylation is 1. The van der Waals surface area contributed by atoms with Gasteiger partial charge in [-0.05, 0) is 31.5 Å². The van der Waals surface area contributed by atoms with E-state index < -0.39 is 0 Å². The Bertz CT molecular complexity index is 480. The largest absolute Gasteiger partial charge is 0.399 e. The summed E-state index contributed by atoms with van der Waals surface area (Å²) in [6, 6.07) is 5.61. The third-order valence-corrected chi connectivity index (χ3v) is 2.69. The van der Waals surface area contributed by atoms with E-state index in [1.807, 2.05) is 29.8 Å². The van der Waals surface area contributed by atoms with E-state index >= 15 is 0 Å². The fourth-order valence-electron chi connectivity index (χ4n) is 1.57. The molecule has 0 aliphatic rings. The molecule has 1 unspecified atom stereocenters. The van der Waals surface area contributed by atoms with Crippen molar-refractivity contribution < 1.29 is 4.74 Å². The molecule has 0 aliphatic carbocycles. The number of hydrogen-bond acceptors (Lipinski definition) is 4.